The van der Waals surface area contributed by atoms with Crippen LogP contribution in [0.4, 0.5) is 0 Å². The summed E-state index contributed by atoms with van der Waals surface area (Å²) in [6.45, 7) is 7.87. The summed E-state index contributed by atoms with van der Waals surface area (Å²) in [4.78, 5) is 12.3. The summed E-state index contributed by atoms with van der Waals surface area (Å²) in [7, 11) is 0. The van der Waals surface area contributed by atoms with E-state index < -0.39 is 0 Å². The van der Waals surface area contributed by atoms with Gasteiger partial charge in [0.05, 0.1) is 5.75 Å². The second kappa shape index (κ2) is 6.58. The van der Waals surface area contributed by atoms with E-state index in [1.54, 1.807) is 11.8 Å². The smallest absolute Gasteiger partial charge is 0.173 e. The maximum absolute atomic E-state index is 12.3. The van der Waals surface area contributed by atoms with Gasteiger partial charge in [0.2, 0.25) is 0 Å². The summed E-state index contributed by atoms with van der Waals surface area (Å²) < 4.78 is 5.34. The first kappa shape index (κ1) is 14.6. The molecule has 1 saturated heterocycles. The van der Waals surface area contributed by atoms with Gasteiger partial charge in [0.1, 0.15) is 0 Å². The van der Waals surface area contributed by atoms with Crippen molar-refractivity contribution in [3.8, 4) is 0 Å². The molecule has 0 aromatic heterocycles. The predicted molar refractivity (Wildman–Crippen MR) is 81.3 cm³/mol. The highest BCUT2D eigenvalue weighted by atomic mass is 32.2. The first-order valence-corrected chi connectivity index (χ1v) is 7.93. The molecule has 2 rings (SSSR count). The van der Waals surface area contributed by atoms with Gasteiger partial charge in [-0.1, -0.05) is 6.07 Å². The SMILES string of the molecule is Cc1cc(C)c(C(=O)CSC2CCOCC2)cc1C. The highest BCUT2D eigenvalue weighted by Gasteiger charge is 2.17. The Bertz CT molecular complexity index is 462. The number of hydrogen-bond acceptors (Lipinski definition) is 3. The lowest BCUT2D eigenvalue weighted by atomic mass is 9.99. The zero-order valence-corrected chi connectivity index (χ0v) is 12.8. The Morgan fingerprint density at radius 1 is 1.16 bits per heavy atom. The topological polar surface area (TPSA) is 26.3 Å². The fourth-order valence-corrected chi connectivity index (χ4v) is 3.44. The number of carbonyl (C=O) groups excluding carboxylic acids is 1. The van der Waals surface area contributed by atoms with Crippen LogP contribution in [0.1, 0.15) is 39.9 Å². The Morgan fingerprint density at radius 3 is 2.47 bits per heavy atom. The van der Waals surface area contributed by atoms with Crippen molar-refractivity contribution in [2.24, 2.45) is 0 Å². The summed E-state index contributed by atoms with van der Waals surface area (Å²) in [5.74, 6) is 0.852. The van der Waals surface area contributed by atoms with E-state index >= 15 is 0 Å². The Morgan fingerprint density at radius 2 is 1.79 bits per heavy atom. The van der Waals surface area contributed by atoms with Crippen molar-refractivity contribution in [3.05, 3.63) is 34.4 Å². The van der Waals surface area contributed by atoms with E-state index in [1.807, 2.05) is 13.0 Å². The second-order valence-corrected chi connectivity index (χ2v) is 6.59. The van der Waals surface area contributed by atoms with Crippen molar-refractivity contribution in [1.82, 2.24) is 0 Å². The highest BCUT2D eigenvalue weighted by Crippen LogP contribution is 2.24. The number of hydrogen-bond donors (Lipinski definition) is 0. The largest absolute Gasteiger partial charge is 0.381 e. The van der Waals surface area contributed by atoms with E-state index in [0.29, 0.717) is 11.0 Å². The van der Waals surface area contributed by atoms with Gasteiger partial charge in [0, 0.05) is 24.0 Å². The molecule has 0 spiro atoms. The summed E-state index contributed by atoms with van der Waals surface area (Å²) in [6, 6.07) is 4.15. The van der Waals surface area contributed by atoms with Crippen molar-refractivity contribution in [3.63, 3.8) is 0 Å². The van der Waals surface area contributed by atoms with E-state index in [4.69, 9.17) is 4.74 Å². The van der Waals surface area contributed by atoms with Gasteiger partial charge < -0.3 is 4.74 Å². The van der Waals surface area contributed by atoms with E-state index in [1.165, 1.54) is 11.1 Å². The second-order valence-electron chi connectivity index (χ2n) is 5.30. The molecule has 0 bridgehead atoms. The molecule has 1 heterocycles. The van der Waals surface area contributed by atoms with Crippen molar-refractivity contribution in [1.29, 1.82) is 0 Å². The maximum atomic E-state index is 12.3. The van der Waals surface area contributed by atoms with E-state index in [2.05, 4.69) is 19.9 Å². The zero-order valence-electron chi connectivity index (χ0n) is 12.0. The molecule has 0 saturated carbocycles. The molecule has 1 fully saturated rings. The van der Waals surface area contributed by atoms with Gasteiger partial charge >= 0.3 is 0 Å². The molecule has 104 valence electrons. The minimum atomic E-state index is 0.261. The zero-order chi connectivity index (χ0) is 13.8. The molecule has 0 N–H and O–H groups in total. The molecular formula is C16H22O2S. The van der Waals surface area contributed by atoms with Crippen LogP contribution in [0.5, 0.6) is 0 Å². The average Bonchev–Trinajstić information content (AvgIpc) is 2.41. The first-order chi connectivity index (χ1) is 9.08. The lowest BCUT2D eigenvalue weighted by Gasteiger charge is -2.21. The van der Waals surface area contributed by atoms with Crippen LogP contribution in [-0.4, -0.2) is 30.0 Å². The minimum Gasteiger partial charge on any atom is -0.381 e. The molecule has 2 nitrogen and oxygen atoms in total. The third-order valence-electron chi connectivity index (χ3n) is 3.76. The van der Waals surface area contributed by atoms with Gasteiger partial charge in [-0.2, -0.15) is 11.8 Å². The number of ketones is 1. The fraction of sp³-hybridized carbons (Fsp3) is 0.562. The van der Waals surface area contributed by atoms with Gasteiger partial charge in [0.15, 0.2) is 5.78 Å². The molecule has 0 unspecified atom stereocenters. The molecule has 1 aromatic rings. The summed E-state index contributed by atoms with van der Waals surface area (Å²) >= 11 is 1.79. The van der Waals surface area contributed by atoms with Crippen molar-refractivity contribution >= 4 is 17.5 Å². The van der Waals surface area contributed by atoms with Crippen LogP contribution in [0, 0.1) is 20.8 Å². The van der Waals surface area contributed by atoms with E-state index in [9.17, 15) is 4.79 Å². The molecule has 0 amide bonds. The average molecular weight is 278 g/mol. The molecule has 0 aliphatic carbocycles. The number of aryl methyl sites for hydroxylation is 3. The lowest BCUT2D eigenvalue weighted by Crippen LogP contribution is -2.19. The monoisotopic (exact) mass is 278 g/mol. The number of thioether (sulfide) groups is 1. The van der Waals surface area contributed by atoms with Crippen LogP contribution in [0.2, 0.25) is 0 Å². The Labute approximate surface area is 119 Å². The number of Topliss-reactive ketones (excluding diaryl/α,β-unsaturated/α-hetero) is 1. The first-order valence-electron chi connectivity index (χ1n) is 6.88. The normalized spacial score (nSPS) is 16.6. The van der Waals surface area contributed by atoms with Crippen LogP contribution in [0.25, 0.3) is 0 Å². The van der Waals surface area contributed by atoms with Crippen molar-refractivity contribution in [2.45, 2.75) is 38.9 Å². The van der Waals surface area contributed by atoms with Gasteiger partial charge in [-0.15, -0.1) is 0 Å². The molecule has 1 aliphatic rings. The van der Waals surface area contributed by atoms with Crippen LogP contribution in [0.15, 0.2) is 12.1 Å². The summed E-state index contributed by atoms with van der Waals surface area (Å²) in [5, 5.41) is 0.588. The molecule has 1 aliphatic heterocycles. The van der Waals surface area contributed by atoms with E-state index in [-0.39, 0.29) is 5.78 Å². The molecular weight excluding hydrogens is 256 g/mol. The Kier molecular flexibility index (Phi) is 5.06. The van der Waals surface area contributed by atoms with Crippen molar-refractivity contribution < 1.29 is 9.53 Å². The highest BCUT2D eigenvalue weighted by molar-refractivity contribution is 8.00. The van der Waals surface area contributed by atoms with Crippen LogP contribution in [0.3, 0.4) is 0 Å². The summed E-state index contributed by atoms with van der Waals surface area (Å²) in [6.07, 6.45) is 2.15. The molecule has 19 heavy (non-hydrogen) atoms. The molecule has 0 radical (unpaired) electrons. The van der Waals surface area contributed by atoms with Crippen LogP contribution in [-0.2, 0) is 4.74 Å². The third-order valence-corrected chi connectivity index (χ3v) is 5.13. The number of rotatable bonds is 4. The quantitative estimate of drug-likeness (QED) is 0.785. The van der Waals surface area contributed by atoms with Gasteiger partial charge in [-0.25, -0.2) is 0 Å². The number of ether oxygens (including phenoxy) is 1. The van der Waals surface area contributed by atoms with Gasteiger partial charge in [-0.3, -0.25) is 4.79 Å². The number of carbonyl (C=O) groups is 1. The third kappa shape index (κ3) is 3.83. The minimum absolute atomic E-state index is 0.261. The summed E-state index contributed by atoms with van der Waals surface area (Å²) in [5.41, 5.74) is 4.44. The van der Waals surface area contributed by atoms with Crippen LogP contribution >= 0.6 is 11.8 Å². The van der Waals surface area contributed by atoms with E-state index in [0.717, 1.165) is 37.2 Å². The maximum Gasteiger partial charge on any atom is 0.173 e. The lowest BCUT2D eigenvalue weighted by molar-refractivity contribution is 0.0988. The fourth-order valence-electron chi connectivity index (χ4n) is 2.37. The van der Waals surface area contributed by atoms with Crippen molar-refractivity contribution in [2.75, 3.05) is 19.0 Å². The number of benzene rings is 1. The Balaban J connectivity index is 1.97. The molecule has 0 atom stereocenters. The Hall–Kier alpha value is -0.800. The van der Waals surface area contributed by atoms with Crippen LogP contribution < -0.4 is 0 Å². The predicted octanol–water partition coefficient (Wildman–Crippen LogP) is 3.71. The molecule has 3 heteroatoms. The molecule has 1 aromatic carbocycles. The standard InChI is InChI=1S/C16H22O2S/c1-11-8-13(3)15(9-12(11)2)16(17)10-19-14-4-6-18-7-5-14/h8-9,14H,4-7,10H2,1-3H3. The van der Waals surface area contributed by atoms with Gasteiger partial charge in [0.25, 0.3) is 0 Å². The van der Waals surface area contributed by atoms with Gasteiger partial charge in [-0.05, 0) is 56.4 Å².